The minimum Gasteiger partial charge on any atom is -0.460 e. The first-order chi connectivity index (χ1) is 8.02. The Bertz CT molecular complexity index is 388. The lowest BCUT2D eigenvalue weighted by atomic mass is 10.1. The Morgan fingerprint density at radius 3 is 2.71 bits per heavy atom. The molecule has 0 radical (unpaired) electrons. The predicted molar refractivity (Wildman–Crippen MR) is 67.0 cm³/mol. The van der Waals surface area contributed by atoms with Crippen molar-refractivity contribution in [1.29, 1.82) is 0 Å². The highest BCUT2D eigenvalue weighted by molar-refractivity contribution is 5.95. The molecule has 17 heavy (non-hydrogen) atoms. The smallest absolute Gasteiger partial charge is 0.340 e. The van der Waals surface area contributed by atoms with Gasteiger partial charge in [0.2, 0.25) is 0 Å². The van der Waals surface area contributed by atoms with Crippen LogP contribution in [0.4, 0.5) is 5.69 Å². The van der Waals surface area contributed by atoms with Crippen molar-refractivity contribution < 1.29 is 14.3 Å². The summed E-state index contributed by atoms with van der Waals surface area (Å²) >= 11 is 0. The van der Waals surface area contributed by atoms with Crippen LogP contribution < -0.4 is 5.73 Å². The number of carbonyl (C=O) groups excluding carboxylic acids is 1. The van der Waals surface area contributed by atoms with Gasteiger partial charge in [0.05, 0.1) is 18.3 Å². The van der Waals surface area contributed by atoms with E-state index >= 15 is 0 Å². The molecule has 0 bridgehead atoms. The van der Waals surface area contributed by atoms with Crippen LogP contribution in [-0.4, -0.2) is 25.3 Å². The Hall–Kier alpha value is -1.55. The molecule has 1 aromatic carbocycles. The summed E-state index contributed by atoms with van der Waals surface area (Å²) in [4.78, 5) is 11.7. The van der Waals surface area contributed by atoms with Crippen LogP contribution >= 0.6 is 0 Å². The zero-order valence-electron chi connectivity index (χ0n) is 10.5. The summed E-state index contributed by atoms with van der Waals surface area (Å²) in [6.45, 7) is 6.36. The average Bonchev–Trinajstić information content (AvgIpc) is 2.27. The van der Waals surface area contributed by atoms with Crippen molar-refractivity contribution in [3.05, 3.63) is 29.3 Å². The molecule has 0 aliphatic carbocycles. The van der Waals surface area contributed by atoms with Crippen molar-refractivity contribution in [3.8, 4) is 0 Å². The van der Waals surface area contributed by atoms with Gasteiger partial charge in [0.15, 0.2) is 0 Å². The van der Waals surface area contributed by atoms with E-state index in [1.807, 2.05) is 26.8 Å². The Labute approximate surface area is 102 Å². The third kappa shape index (κ3) is 4.07. The van der Waals surface area contributed by atoms with Gasteiger partial charge in [-0.3, -0.25) is 0 Å². The molecule has 0 spiro atoms. The van der Waals surface area contributed by atoms with Crippen LogP contribution in [-0.2, 0) is 9.47 Å². The lowest BCUT2D eigenvalue weighted by Crippen LogP contribution is -2.15. The van der Waals surface area contributed by atoms with E-state index in [0.717, 1.165) is 5.56 Å². The fourth-order valence-electron chi connectivity index (χ4n) is 1.35. The van der Waals surface area contributed by atoms with Gasteiger partial charge >= 0.3 is 5.97 Å². The second-order valence-corrected chi connectivity index (χ2v) is 4.09. The normalized spacial score (nSPS) is 10.6. The average molecular weight is 237 g/mol. The molecule has 1 aromatic rings. The number of benzene rings is 1. The SMILES string of the molecule is Cc1cccc(C(=O)OCCOC(C)C)c1N. The van der Waals surface area contributed by atoms with E-state index in [4.69, 9.17) is 15.2 Å². The molecule has 0 heterocycles. The molecule has 0 aliphatic heterocycles. The number of hydrogen-bond acceptors (Lipinski definition) is 4. The van der Waals surface area contributed by atoms with E-state index in [0.29, 0.717) is 17.9 Å². The number of para-hydroxylation sites is 1. The van der Waals surface area contributed by atoms with Gasteiger partial charge in [0.25, 0.3) is 0 Å². The van der Waals surface area contributed by atoms with E-state index in [1.54, 1.807) is 12.1 Å². The largest absolute Gasteiger partial charge is 0.460 e. The van der Waals surface area contributed by atoms with Crippen molar-refractivity contribution in [2.45, 2.75) is 26.9 Å². The molecule has 0 saturated carbocycles. The highest BCUT2D eigenvalue weighted by Crippen LogP contribution is 2.17. The highest BCUT2D eigenvalue weighted by Gasteiger charge is 2.11. The molecule has 1 rings (SSSR count). The fraction of sp³-hybridized carbons (Fsp3) is 0.462. The summed E-state index contributed by atoms with van der Waals surface area (Å²) in [7, 11) is 0. The van der Waals surface area contributed by atoms with Crippen LogP contribution in [0, 0.1) is 6.92 Å². The number of carbonyl (C=O) groups is 1. The molecule has 0 atom stereocenters. The number of anilines is 1. The molecule has 0 aromatic heterocycles. The van der Waals surface area contributed by atoms with Crippen molar-refractivity contribution >= 4 is 11.7 Å². The maximum atomic E-state index is 11.7. The van der Waals surface area contributed by atoms with Gasteiger partial charge in [0.1, 0.15) is 6.61 Å². The van der Waals surface area contributed by atoms with Crippen molar-refractivity contribution in [3.63, 3.8) is 0 Å². The number of rotatable bonds is 5. The molecule has 0 fully saturated rings. The minimum absolute atomic E-state index is 0.137. The summed E-state index contributed by atoms with van der Waals surface area (Å²) in [5, 5.41) is 0. The first-order valence-corrected chi connectivity index (χ1v) is 5.66. The predicted octanol–water partition coefficient (Wildman–Crippen LogP) is 2.16. The Kier molecular flexibility index (Phi) is 4.97. The molecule has 4 heteroatoms. The Balaban J connectivity index is 2.50. The fourth-order valence-corrected chi connectivity index (χ4v) is 1.35. The van der Waals surface area contributed by atoms with Gasteiger partial charge in [-0.25, -0.2) is 4.79 Å². The number of nitrogens with two attached hydrogens (primary N) is 1. The first kappa shape index (κ1) is 13.5. The zero-order chi connectivity index (χ0) is 12.8. The number of ether oxygens (including phenoxy) is 2. The standard InChI is InChI=1S/C13H19NO3/c1-9(2)16-7-8-17-13(15)11-6-4-5-10(3)12(11)14/h4-6,9H,7-8,14H2,1-3H3. The van der Waals surface area contributed by atoms with Gasteiger partial charge in [-0.15, -0.1) is 0 Å². The second-order valence-electron chi connectivity index (χ2n) is 4.09. The van der Waals surface area contributed by atoms with Gasteiger partial charge in [-0.2, -0.15) is 0 Å². The lowest BCUT2D eigenvalue weighted by molar-refractivity contribution is 0.0177. The Morgan fingerprint density at radius 1 is 1.35 bits per heavy atom. The zero-order valence-corrected chi connectivity index (χ0v) is 10.5. The van der Waals surface area contributed by atoms with Crippen molar-refractivity contribution in [2.75, 3.05) is 18.9 Å². The highest BCUT2D eigenvalue weighted by atomic mass is 16.6. The van der Waals surface area contributed by atoms with Crippen LogP contribution in [0.15, 0.2) is 18.2 Å². The summed E-state index contributed by atoms with van der Waals surface area (Å²) in [6.07, 6.45) is 0.137. The molecular weight excluding hydrogens is 218 g/mol. The summed E-state index contributed by atoms with van der Waals surface area (Å²) in [5.41, 5.74) is 7.56. The lowest BCUT2D eigenvalue weighted by Gasteiger charge is -2.10. The number of nitrogen functional groups attached to an aromatic ring is 1. The van der Waals surface area contributed by atoms with E-state index < -0.39 is 5.97 Å². The van der Waals surface area contributed by atoms with Crippen LogP contribution in [0.1, 0.15) is 29.8 Å². The molecule has 2 N–H and O–H groups in total. The second kappa shape index (κ2) is 6.25. The van der Waals surface area contributed by atoms with Crippen LogP contribution in [0.5, 0.6) is 0 Å². The molecule has 4 nitrogen and oxygen atoms in total. The van der Waals surface area contributed by atoms with Gasteiger partial charge in [-0.05, 0) is 32.4 Å². The molecule has 0 aliphatic rings. The number of esters is 1. The van der Waals surface area contributed by atoms with Crippen molar-refractivity contribution in [2.24, 2.45) is 0 Å². The minimum atomic E-state index is -0.404. The third-order valence-electron chi connectivity index (χ3n) is 2.31. The summed E-state index contributed by atoms with van der Waals surface area (Å²) in [6, 6.07) is 5.30. The molecule has 94 valence electrons. The van der Waals surface area contributed by atoms with Crippen LogP contribution in [0.25, 0.3) is 0 Å². The summed E-state index contributed by atoms with van der Waals surface area (Å²) in [5.74, 6) is -0.404. The van der Waals surface area contributed by atoms with Gasteiger partial charge in [-0.1, -0.05) is 12.1 Å². The number of hydrogen-bond donors (Lipinski definition) is 1. The van der Waals surface area contributed by atoms with Crippen LogP contribution in [0.2, 0.25) is 0 Å². The van der Waals surface area contributed by atoms with E-state index in [1.165, 1.54) is 0 Å². The molecule has 0 amide bonds. The van der Waals surface area contributed by atoms with E-state index in [-0.39, 0.29) is 12.7 Å². The number of aryl methyl sites for hydroxylation is 1. The third-order valence-corrected chi connectivity index (χ3v) is 2.31. The Morgan fingerprint density at radius 2 is 2.06 bits per heavy atom. The molecular formula is C13H19NO3. The maximum Gasteiger partial charge on any atom is 0.340 e. The van der Waals surface area contributed by atoms with E-state index in [9.17, 15) is 4.79 Å². The first-order valence-electron chi connectivity index (χ1n) is 5.66. The van der Waals surface area contributed by atoms with Crippen LogP contribution in [0.3, 0.4) is 0 Å². The maximum absolute atomic E-state index is 11.7. The van der Waals surface area contributed by atoms with E-state index in [2.05, 4.69) is 0 Å². The van der Waals surface area contributed by atoms with Gasteiger partial charge < -0.3 is 15.2 Å². The van der Waals surface area contributed by atoms with Crippen molar-refractivity contribution in [1.82, 2.24) is 0 Å². The molecule has 0 unspecified atom stereocenters. The summed E-state index contributed by atoms with van der Waals surface area (Å²) < 4.78 is 10.3. The molecule has 0 saturated heterocycles. The monoisotopic (exact) mass is 237 g/mol. The quantitative estimate of drug-likeness (QED) is 0.484. The topological polar surface area (TPSA) is 61.5 Å². The van der Waals surface area contributed by atoms with Gasteiger partial charge in [0, 0.05) is 5.69 Å².